The molecule has 0 saturated carbocycles. The van der Waals surface area contributed by atoms with E-state index in [1.54, 1.807) is 17.7 Å². The standard InChI is InChI=1S/C20H19N5OS3/c1-3-14(17(26)23-20-25-24-15(4-2)29-20)28-19-16-13(12-8-6-5-7-9-12)10-27-18(16)21-11-22-19/h5-11,14H,3-4H2,1-2H3,(H,23,25,26). The van der Waals surface area contributed by atoms with E-state index < -0.39 is 0 Å². The molecular weight excluding hydrogens is 422 g/mol. The molecule has 148 valence electrons. The van der Waals surface area contributed by atoms with E-state index in [4.69, 9.17) is 0 Å². The Kier molecular flexibility index (Phi) is 6.17. The molecule has 4 rings (SSSR count). The zero-order valence-corrected chi connectivity index (χ0v) is 18.4. The van der Waals surface area contributed by atoms with E-state index in [2.05, 4.69) is 43.0 Å². The number of fused-ring (bicyclic) bond motifs is 1. The van der Waals surface area contributed by atoms with Gasteiger partial charge in [-0.3, -0.25) is 10.1 Å². The van der Waals surface area contributed by atoms with Gasteiger partial charge in [0, 0.05) is 10.9 Å². The van der Waals surface area contributed by atoms with Crippen LogP contribution in [0.25, 0.3) is 21.3 Å². The van der Waals surface area contributed by atoms with Crippen LogP contribution in [0, 0.1) is 0 Å². The van der Waals surface area contributed by atoms with Crippen LogP contribution in [0.4, 0.5) is 5.13 Å². The minimum atomic E-state index is -0.286. The molecule has 0 fully saturated rings. The third kappa shape index (κ3) is 4.31. The van der Waals surface area contributed by atoms with Gasteiger partial charge in [0.1, 0.15) is 21.2 Å². The van der Waals surface area contributed by atoms with E-state index in [9.17, 15) is 4.79 Å². The van der Waals surface area contributed by atoms with Crippen LogP contribution in [-0.4, -0.2) is 31.3 Å². The van der Waals surface area contributed by atoms with Crippen LogP contribution in [0.3, 0.4) is 0 Å². The lowest BCUT2D eigenvalue weighted by Crippen LogP contribution is -2.24. The van der Waals surface area contributed by atoms with Gasteiger partial charge in [-0.15, -0.1) is 21.5 Å². The maximum atomic E-state index is 12.8. The fourth-order valence-electron chi connectivity index (χ4n) is 2.86. The van der Waals surface area contributed by atoms with Crippen molar-refractivity contribution in [2.24, 2.45) is 0 Å². The Morgan fingerprint density at radius 3 is 2.72 bits per heavy atom. The third-order valence-electron chi connectivity index (χ3n) is 4.34. The van der Waals surface area contributed by atoms with Gasteiger partial charge < -0.3 is 0 Å². The highest BCUT2D eigenvalue weighted by Gasteiger charge is 2.23. The monoisotopic (exact) mass is 441 g/mol. The lowest BCUT2D eigenvalue weighted by atomic mass is 10.1. The van der Waals surface area contributed by atoms with Gasteiger partial charge in [-0.05, 0) is 18.4 Å². The molecule has 1 amide bonds. The summed E-state index contributed by atoms with van der Waals surface area (Å²) in [6, 6.07) is 10.2. The summed E-state index contributed by atoms with van der Waals surface area (Å²) in [5.74, 6) is -0.0837. The topological polar surface area (TPSA) is 80.7 Å². The lowest BCUT2D eigenvalue weighted by molar-refractivity contribution is -0.115. The Hall–Kier alpha value is -2.36. The molecule has 1 atom stereocenters. The highest BCUT2D eigenvalue weighted by molar-refractivity contribution is 8.00. The average molecular weight is 442 g/mol. The van der Waals surface area contributed by atoms with E-state index in [1.165, 1.54) is 23.1 Å². The van der Waals surface area contributed by atoms with Crippen LogP contribution in [0.2, 0.25) is 0 Å². The van der Waals surface area contributed by atoms with Crippen molar-refractivity contribution >= 4 is 55.7 Å². The number of benzene rings is 1. The number of hydrogen-bond acceptors (Lipinski definition) is 8. The molecule has 0 spiro atoms. The predicted molar refractivity (Wildman–Crippen MR) is 121 cm³/mol. The van der Waals surface area contributed by atoms with Crippen LogP contribution < -0.4 is 5.32 Å². The van der Waals surface area contributed by atoms with E-state index in [0.29, 0.717) is 11.6 Å². The first-order valence-electron chi connectivity index (χ1n) is 9.27. The smallest absolute Gasteiger partial charge is 0.239 e. The summed E-state index contributed by atoms with van der Waals surface area (Å²) < 4.78 is 0. The van der Waals surface area contributed by atoms with Crippen LogP contribution in [0.15, 0.2) is 47.1 Å². The van der Waals surface area contributed by atoms with Crippen molar-refractivity contribution in [3.05, 3.63) is 47.0 Å². The van der Waals surface area contributed by atoms with Gasteiger partial charge in [0.15, 0.2) is 0 Å². The molecule has 1 N–H and O–H groups in total. The lowest BCUT2D eigenvalue weighted by Gasteiger charge is -2.13. The first kappa shape index (κ1) is 19.9. The number of carbonyl (C=O) groups is 1. The second-order valence-electron chi connectivity index (χ2n) is 6.23. The Bertz CT molecular complexity index is 1130. The summed E-state index contributed by atoms with van der Waals surface area (Å²) in [4.78, 5) is 22.7. The van der Waals surface area contributed by atoms with Gasteiger partial charge in [-0.1, -0.05) is 67.3 Å². The van der Waals surface area contributed by atoms with Crippen molar-refractivity contribution in [3.63, 3.8) is 0 Å². The molecule has 0 bridgehead atoms. The van der Waals surface area contributed by atoms with E-state index in [0.717, 1.165) is 37.8 Å². The van der Waals surface area contributed by atoms with Crippen LogP contribution in [0.1, 0.15) is 25.3 Å². The molecule has 29 heavy (non-hydrogen) atoms. The fourth-order valence-corrected chi connectivity index (χ4v) is 5.55. The number of nitrogens with one attached hydrogen (secondary N) is 1. The molecule has 0 aliphatic heterocycles. The Labute approximate surface area is 180 Å². The Balaban J connectivity index is 1.62. The highest BCUT2D eigenvalue weighted by atomic mass is 32.2. The molecule has 1 unspecified atom stereocenters. The van der Waals surface area contributed by atoms with Gasteiger partial charge in [0.05, 0.1) is 10.6 Å². The van der Waals surface area contributed by atoms with Crippen LogP contribution in [0.5, 0.6) is 0 Å². The number of amides is 1. The molecule has 0 saturated heterocycles. The predicted octanol–water partition coefficient (Wildman–Crippen LogP) is 5.28. The zero-order valence-electron chi connectivity index (χ0n) is 16.0. The number of nitrogens with zero attached hydrogens (tertiary/aromatic N) is 4. The summed E-state index contributed by atoms with van der Waals surface area (Å²) in [5, 5.41) is 16.1. The molecule has 0 radical (unpaired) electrons. The average Bonchev–Trinajstić information content (AvgIpc) is 3.39. The maximum Gasteiger partial charge on any atom is 0.239 e. The zero-order chi connectivity index (χ0) is 20.2. The van der Waals surface area contributed by atoms with E-state index in [1.807, 2.05) is 32.0 Å². The molecule has 0 aliphatic carbocycles. The van der Waals surface area contributed by atoms with Gasteiger partial charge in [-0.2, -0.15) is 0 Å². The van der Waals surface area contributed by atoms with Gasteiger partial charge in [-0.25, -0.2) is 9.97 Å². The quantitative estimate of drug-likeness (QED) is 0.310. The molecule has 3 heterocycles. The van der Waals surface area contributed by atoms with Crippen LogP contribution >= 0.6 is 34.4 Å². The van der Waals surface area contributed by atoms with Crippen molar-refractivity contribution in [2.45, 2.75) is 37.0 Å². The Morgan fingerprint density at radius 1 is 1.17 bits per heavy atom. The van der Waals surface area contributed by atoms with Crippen molar-refractivity contribution in [2.75, 3.05) is 5.32 Å². The van der Waals surface area contributed by atoms with Crippen molar-refractivity contribution < 1.29 is 4.79 Å². The number of aromatic nitrogens is 4. The van der Waals surface area contributed by atoms with Crippen molar-refractivity contribution in [1.29, 1.82) is 0 Å². The van der Waals surface area contributed by atoms with Gasteiger partial charge >= 0.3 is 0 Å². The summed E-state index contributed by atoms with van der Waals surface area (Å²) in [5.41, 5.74) is 2.22. The second kappa shape index (κ2) is 8.98. The minimum absolute atomic E-state index is 0.0837. The number of carbonyl (C=O) groups excluding carboxylic acids is 1. The molecule has 3 aromatic heterocycles. The molecule has 6 nitrogen and oxygen atoms in total. The first-order chi connectivity index (χ1) is 14.2. The van der Waals surface area contributed by atoms with Gasteiger partial charge in [0.2, 0.25) is 11.0 Å². The minimum Gasteiger partial charge on any atom is -0.300 e. The summed E-state index contributed by atoms with van der Waals surface area (Å²) in [7, 11) is 0. The SMILES string of the molecule is CCc1nnc(NC(=O)C(CC)Sc2ncnc3scc(-c4ccccc4)c23)s1. The summed E-state index contributed by atoms with van der Waals surface area (Å²) in [6.45, 7) is 4.02. The second-order valence-corrected chi connectivity index (χ2v) is 9.34. The highest BCUT2D eigenvalue weighted by Crippen LogP contribution is 2.39. The first-order valence-corrected chi connectivity index (χ1v) is 11.8. The number of thioether (sulfide) groups is 1. The maximum absolute atomic E-state index is 12.8. The fraction of sp³-hybridized carbons (Fsp3) is 0.250. The number of hydrogen-bond donors (Lipinski definition) is 1. The van der Waals surface area contributed by atoms with E-state index in [-0.39, 0.29) is 11.2 Å². The number of rotatable bonds is 7. The molecular formula is C20H19N5OS3. The number of thiophene rings is 1. The van der Waals surface area contributed by atoms with Gasteiger partial charge in [0.25, 0.3) is 0 Å². The van der Waals surface area contributed by atoms with Crippen LogP contribution in [-0.2, 0) is 11.2 Å². The van der Waals surface area contributed by atoms with E-state index >= 15 is 0 Å². The normalized spacial score (nSPS) is 12.2. The molecule has 1 aromatic carbocycles. The third-order valence-corrected chi connectivity index (χ3v) is 7.57. The summed E-state index contributed by atoms with van der Waals surface area (Å²) >= 11 is 4.48. The van der Waals surface area contributed by atoms with Crippen molar-refractivity contribution in [1.82, 2.24) is 20.2 Å². The summed E-state index contributed by atoms with van der Waals surface area (Å²) in [6.07, 6.45) is 3.05. The molecule has 9 heteroatoms. The number of aryl methyl sites for hydroxylation is 1. The Morgan fingerprint density at radius 2 is 2.00 bits per heavy atom. The largest absolute Gasteiger partial charge is 0.300 e. The van der Waals surface area contributed by atoms with Crippen molar-refractivity contribution in [3.8, 4) is 11.1 Å². The number of anilines is 1. The molecule has 0 aliphatic rings. The molecule has 4 aromatic rings.